The van der Waals surface area contributed by atoms with Crippen LogP contribution in [-0.2, 0) is 14.3 Å². The Morgan fingerprint density at radius 1 is 1.25 bits per heavy atom. The van der Waals surface area contributed by atoms with Crippen LogP contribution in [-0.4, -0.2) is 37.2 Å². The minimum Gasteiger partial charge on any atom is -0.480 e. The Morgan fingerprint density at radius 2 is 1.96 bits per heavy atom. The maximum absolute atomic E-state index is 11.4. The molecule has 0 saturated carbocycles. The second-order valence-corrected chi connectivity index (χ2v) is 6.83. The molecule has 24 heavy (non-hydrogen) atoms. The third-order valence-electron chi connectivity index (χ3n) is 4.00. The molecule has 0 radical (unpaired) electrons. The topological polar surface area (TPSA) is 67.8 Å². The van der Waals surface area contributed by atoms with Crippen molar-refractivity contribution < 1.29 is 19.4 Å². The Balaban J connectivity index is 4.24. The largest absolute Gasteiger partial charge is 0.480 e. The number of methoxy groups -OCH3 is 1. The first-order chi connectivity index (χ1) is 11.4. The first-order valence-electron chi connectivity index (χ1n) is 8.71. The van der Waals surface area contributed by atoms with Gasteiger partial charge in [-0.3, -0.25) is 10.1 Å². The number of rotatable bonds is 16. The molecule has 0 heterocycles. The van der Waals surface area contributed by atoms with Gasteiger partial charge in [0.05, 0.1) is 6.61 Å². The highest BCUT2D eigenvalue weighted by atomic mass is 16.7. The lowest BCUT2D eigenvalue weighted by molar-refractivity contribution is -0.164. The number of unbranched alkanes of at least 4 members (excludes halogenated alkanes) is 3. The average molecular weight is 341 g/mol. The molecule has 2 atom stereocenters. The van der Waals surface area contributed by atoms with Gasteiger partial charge >= 0.3 is 5.97 Å². The van der Waals surface area contributed by atoms with Gasteiger partial charge in [0.15, 0.2) is 0 Å². The highest BCUT2D eigenvalue weighted by molar-refractivity contribution is 5.73. The fraction of sp³-hybridized carbons (Fsp3) is 0.737. The van der Waals surface area contributed by atoms with Gasteiger partial charge in [0.2, 0.25) is 6.41 Å². The number of nitrogens with one attached hydrogen (secondary N) is 1. The van der Waals surface area contributed by atoms with Gasteiger partial charge in [-0.2, -0.15) is 0 Å². The van der Waals surface area contributed by atoms with E-state index >= 15 is 0 Å². The molecule has 0 rings (SSSR count). The molecule has 0 aromatic carbocycles. The molecule has 0 saturated heterocycles. The molecule has 0 aliphatic rings. The standard InChI is InChI=1S/C19H35NO4/c1-6-8-9-10-11-12-16(17(21)22)20-18(23-5)24-15-14-19(3,4)13-7-2/h6-7,16,18,20H,1-2,8-15H2,3-5H3,(H,21,22). The number of hydrogen-bond donors (Lipinski definition) is 2. The summed E-state index contributed by atoms with van der Waals surface area (Å²) in [7, 11) is 1.51. The van der Waals surface area contributed by atoms with E-state index in [4.69, 9.17) is 9.47 Å². The van der Waals surface area contributed by atoms with Crippen molar-refractivity contribution in [2.75, 3.05) is 13.7 Å². The monoisotopic (exact) mass is 341 g/mol. The summed E-state index contributed by atoms with van der Waals surface area (Å²) in [6.07, 6.45) is 9.23. The van der Waals surface area contributed by atoms with Crippen molar-refractivity contribution >= 4 is 5.97 Å². The quantitative estimate of drug-likeness (QED) is 0.251. The zero-order valence-corrected chi connectivity index (χ0v) is 15.6. The normalized spacial score (nSPS) is 14.1. The number of carbonyl (C=O) groups is 1. The lowest BCUT2D eigenvalue weighted by atomic mass is 9.86. The highest BCUT2D eigenvalue weighted by Gasteiger charge is 2.22. The van der Waals surface area contributed by atoms with E-state index in [0.29, 0.717) is 13.0 Å². The Morgan fingerprint density at radius 3 is 2.50 bits per heavy atom. The summed E-state index contributed by atoms with van der Waals surface area (Å²) in [6, 6.07) is -0.667. The number of allylic oxidation sites excluding steroid dienone is 2. The van der Waals surface area contributed by atoms with E-state index in [9.17, 15) is 9.90 Å². The zero-order valence-electron chi connectivity index (χ0n) is 15.6. The predicted molar refractivity (Wildman–Crippen MR) is 97.8 cm³/mol. The molecule has 0 spiro atoms. The summed E-state index contributed by atoms with van der Waals surface area (Å²) in [5, 5.41) is 12.3. The van der Waals surface area contributed by atoms with Crippen LogP contribution in [0.1, 0.15) is 58.8 Å². The van der Waals surface area contributed by atoms with Crippen LogP contribution < -0.4 is 5.32 Å². The molecule has 0 aromatic heterocycles. The van der Waals surface area contributed by atoms with Gasteiger partial charge in [-0.25, -0.2) is 0 Å². The smallest absolute Gasteiger partial charge is 0.320 e. The third kappa shape index (κ3) is 11.4. The van der Waals surface area contributed by atoms with Gasteiger partial charge in [-0.1, -0.05) is 38.8 Å². The number of aliphatic carboxylic acids is 1. The van der Waals surface area contributed by atoms with Crippen molar-refractivity contribution in [2.24, 2.45) is 5.41 Å². The maximum atomic E-state index is 11.4. The van der Waals surface area contributed by atoms with Crippen LogP contribution in [0.3, 0.4) is 0 Å². The molecule has 2 N–H and O–H groups in total. The fourth-order valence-corrected chi connectivity index (χ4v) is 2.38. The molecule has 0 bridgehead atoms. The third-order valence-corrected chi connectivity index (χ3v) is 4.00. The van der Waals surface area contributed by atoms with Gasteiger partial charge in [0.25, 0.3) is 0 Å². The van der Waals surface area contributed by atoms with Crippen LogP contribution in [0, 0.1) is 5.41 Å². The molecule has 0 aliphatic heterocycles. The van der Waals surface area contributed by atoms with Crippen LogP contribution >= 0.6 is 0 Å². The van der Waals surface area contributed by atoms with E-state index in [1.807, 2.05) is 12.2 Å². The lowest BCUT2D eigenvalue weighted by Crippen LogP contribution is -2.45. The van der Waals surface area contributed by atoms with Crippen LogP contribution in [0.15, 0.2) is 25.3 Å². The van der Waals surface area contributed by atoms with Crippen molar-refractivity contribution in [3.05, 3.63) is 25.3 Å². The van der Waals surface area contributed by atoms with Gasteiger partial charge in [0.1, 0.15) is 6.04 Å². The fourth-order valence-electron chi connectivity index (χ4n) is 2.38. The molecule has 140 valence electrons. The van der Waals surface area contributed by atoms with Crippen molar-refractivity contribution in [3.63, 3.8) is 0 Å². The van der Waals surface area contributed by atoms with Crippen molar-refractivity contribution in [2.45, 2.75) is 71.2 Å². The van der Waals surface area contributed by atoms with Gasteiger partial charge < -0.3 is 14.6 Å². The Labute approximate surface area is 147 Å². The van der Waals surface area contributed by atoms with E-state index in [2.05, 4.69) is 32.3 Å². The van der Waals surface area contributed by atoms with Gasteiger partial charge in [0, 0.05) is 7.11 Å². The van der Waals surface area contributed by atoms with Gasteiger partial charge in [-0.15, -0.1) is 13.2 Å². The summed E-state index contributed by atoms with van der Waals surface area (Å²) in [5.41, 5.74) is 0.109. The van der Waals surface area contributed by atoms with Crippen LogP contribution in [0.4, 0.5) is 0 Å². The van der Waals surface area contributed by atoms with Crippen molar-refractivity contribution in [1.82, 2.24) is 5.32 Å². The summed E-state index contributed by atoms with van der Waals surface area (Å²) in [6.45, 7) is 12.2. The maximum Gasteiger partial charge on any atom is 0.320 e. The van der Waals surface area contributed by atoms with E-state index in [1.54, 1.807) is 0 Å². The van der Waals surface area contributed by atoms with E-state index in [1.165, 1.54) is 7.11 Å². The van der Waals surface area contributed by atoms with Crippen LogP contribution in [0.2, 0.25) is 0 Å². The average Bonchev–Trinajstić information content (AvgIpc) is 2.51. The van der Waals surface area contributed by atoms with Crippen molar-refractivity contribution in [1.29, 1.82) is 0 Å². The SMILES string of the molecule is C=CCCCCCC(NC(OC)OCCC(C)(C)CC=C)C(=O)O. The predicted octanol–water partition coefficient (Wildman–Crippen LogP) is 4.10. The first-order valence-corrected chi connectivity index (χ1v) is 8.71. The Bertz CT molecular complexity index is 368. The second kappa shape index (κ2) is 13.2. The molecular formula is C19H35NO4. The van der Waals surface area contributed by atoms with E-state index in [0.717, 1.165) is 38.5 Å². The van der Waals surface area contributed by atoms with Gasteiger partial charge in [-0.05, 0) is 37.5 Å². The Hall–Kier alpha value is -1.17. The molecule has 2 unspecified atom stereocenters. The molecule has 0 aromatic rings. The summed E-state index contributed by atoms with van der Waals surface area (Å²) in [5.74, 6) is -0.878. The molecule has 0 aliphatic carbocycles. The van der Waals surface area contributed by atoms with Crippen LogP contribution in [0.5, 0.6) is 0 Å². The summed E-state index contributed by atoms with van der Waals surface area (Å²) in [4.78, 5) is 11.4. The van der Waals surface area contributed by atoms with E-state index in [-0.39, 0.29) is 5.41 Å². The number of carboxylic acids is 1. The van der Waals surface area contributed by atoms with Crippen molar-refractivity contribution in [3.8, 4) is 0 Å². The lowest BCUT2D eigenvalue weighted by Gasteiger charge is -2.26. The second-order valence-electron chi connectivity index (χ2n) is 6.83. The van der Waals surface area contributed by atoms with Crippen LogP contribution in [0.25, 0.3) is 0 Å². The number of ether oxygens (including phenoxy) is 2. The molecule has 5 heteroatoms. The summed E-state index contributed by atoms with van der Waals surface area (Å²) >= 11 is 0. The highest BCUT2D eigenvalue weighted by Crippen LogP contribution is 2.25. The minimum absolute atomic E-state index is 0.109. The molecule has 0 amide bonds. The van der Waals surface area contributed by atoms with E-state index < -0.39 is 18.4 Å². The summed E-state index contributed by atoms with van der Waals surface area (Å²) < 4.78 is 10.9. The Kier molecular flexibility index (Phi) is 12.5. The number of carboxylic acid groups (broad SMARTS) is 1. The zero-order chi connectivity index (χ0) is 18.4. The molecular weight excluding hydrogens is 306 g/mol. The molecule has 0 fully saturated rings. The minimum atomic E-state index is -0.878. The number of hydrogen-bond acceptors (Lipinski definition) is 4. The first kappa shape index (κ1) is 22.8. The molecule has 5 nitrogen and oxygen atoms in total.